The van der Waals surface area contributed by atoms with Crippen LogP contribution in [0.5, 0.6) is 0 Å². The maximum Gasteiger partial charge on any atom is -0.00407 e. The van der Waals surface area contributed by atoms with Crippen LogP contribution in [0.2, 0.25) is 0 Å². The van der Waals surface area contributed by atoms with Crippen LogP contribution in [-0.4, -0.2) is 13.1 Å². The summed E-state index contributed by atoms with van der Waals surface area (Å²) in [6.45, 7) is 9.07. The molecule has 0 radical (unpaired) electrons. The van der Waals surface area contributed by atoms with Crippen molar-refractivity contribution in [2.24, 2.45) is 0 Å². The summed E-state index contributed by atoms with van der Waals surface area (Å²) in [4.78, 5) is 0. The van der Waals surface area contributed by atoms with Crippen LogP contribution in [0, 0.1) is 0 Å². The summed E-state index contributed by atoms with van der Waals surface area (Å²) >= 11 is 0. The average Bonchev–Trinajstić information content (AvgIpc) is 2.76. The Morgan fingerprint density at radius 1 is 1.18 bits per heavy atom. The lowest BCUT2D eigenvalue weighted by Crippen LogP contribution is -2.25. The summed E-state index contributed by atoms with van der Waals surface area (Å²) in [5.74, 6) is 0. The molecular formula is C16H25N. The number of hydrogen-bond acceptors (Lipinski definition) is 1. The first-order valence-corrected chi connectivity index (χ1v) is 6.96. The third-order valence-electron chi connectivity index (χ3n) is 4.06. The maximum atomic E-state index is 3.43. The second kappa shape index (κ2) is 5.22. The van der Waals surface area contributed by atoms with Crippen LogP contribution in [0.1, 0.15) is 50.3 Å². The minimum absolute atomic E-state index is 0.291. The van der Waals surface area contributed by atoms with Crippen LogP contribution in [0.15, 0.2) is 18.2 Å². The molecule has 0 saturated carbocycles. The third kappa shape index (κ3) is 2.90. The lowest BCUT2D eigenvalue weighted by molar-refractivity contribution is 0.461. The van der Waals surface area contributed by atoms with E-state index in [1.165, 1.54) is 31.2 Å². The van der Waals surface area contributed by atoms with E-state index in [9.17, 15) is 0 Å². The summed E-state index contributed by atoms with van der Waals surface area (Å²) < 4.78 is 0. The smallest absolute Gasteiger partial charge is 0.00407 e. The average molecular weight is 231 g/mol. The van der Waals surface area contributed by atoms with Crippen LogP contribution in [-0.2, 0) is 18.3 Å². The molecule has 0 bridgehead atoms. The first-order chi connectivity index (χ1) is 8.13. The van der Waals surface area contributed by atoms with Gasteiger partial charge < -0.3 is 5.32 Å². The molecule has 17 heavy (non-hydrogen) atoms. The highest BCUT2D eigenvalue weighted by Gasteiger charge is 2.22. The molecule has 1 heteroatoms. The molecule has 1 aromatic rings. The summed E-state index contributed by atoms with van der Waals surface area (Å²) in [5.41, 5.74) is 4.98. The topological polar surface area (TPSA) is 12.0 Å². The number of fused-ring (bicyclic) bond motifs is 1. The normalized spacial score (nSPS) is 15.0. The number of benzene rings is 1. The van der Waals surface area contributed by atoms with Crippen molar-refractivity contribution in [1.82, 2.24) is 5.32 Å². The second-order valence-electron chi connectivity index (χ2n) is 5.82. The highest BCUT2D eigenvalue weighted by molar-refractivity contribution is 5.38. The van der Waals surface area contributed by atoms with E-state index in [1.807, 2.05) is 0 Å². The van der Waals surface area contributed by atoms with Gasteiger partial charge in [-0.1, -0.05) is 39.0 Å². The largest absolute Gasteiger partial charge is 0.317 e. The van der Waals surface area contributed by atoms with Gasteiger partial charge in [-0.25, -0.2) is 0 Å². The maximum absolute atomic E-state index is 3.43. The molecule has 1 N–H and O–H groups in total. The molecule has 1 aliphatic carbocycles. The van der Waals surface area contributed by atoms with Crippen LogP contribution in [0.25, 0.3) is 0 Å². The first-order valence-electron chi connectivity index (χ1n) is 6.96. The zero-order valence-electron chi connectivity index (χ0n) is 11.5. The van der Waals surface area contributed by atoms with E-state index in [-0.39, 0.29) is 0 Å². The Balaban J connectivity index is 2.10. The van der Waals surface area contributed by atoms with Gasteiger partial charge in [-0.05, 0) is 60.9 Å². The molecule has 0 fully saturated rings. The predicted octanol–water partition coefficient (Wildman–Crippen LogP) is 3.45. The quantitative estimate of drug-likeness (QED) is 0.765. The number of nitrogens with one attached hydrogen (secondary N) is 1. The second-order valence-corrected chi connectivity index (χ2v) is 5.82. The van der Waals surface area contributed by atoms with Crippen LogP contribution in [0.3, 0.4) is 0 Å². The fourth-order valence-corrected chi connectivity index (χ4v) is 2.71. The van der Waals surface area contributed by atoms with Gasteiger partial charge in [0.1, 0.15) is 0 Å². The molecule has 0 spiro atoms. The molecule has 0 unspecified atom stereocenters. The van der Waals surface area contributed by atoms with Crippen molar-refractivity contribution < 1.29 is 0 Å². The molecular weight excluding hydrogens is 206 g/mol. The molecule has 0 amide bonds. The van der Waals surface area contributed by atoms with E-state index in [0.717, 1.165) is 13.1 Å². The van der Waals surface area contributed by atoms with Gasteiger partial charge in [0.25, 0.3) is 0 Å². The van der Waals surface area contributed by atoms with Gasteiger partial charge in [0, 0.05) is 0 Å². The molecule has 0 aromatic heterocycles. The van der Waals surface area contributed by atoms with Gasteiger partial charge >= 0.3 is 0 Å². The molecule has 1 aromatic carbocycles. The third-order valence-corrected chi connectivity index (χ3v) is 4.06. The molecule has 1 nitrogen and oxygen atoms in total. The highest BCUT2D eigenvalue weighted by Crippen LogP contribution is 2.31. The van der Waals surface area contributed by atoms with Crippen molar-refractivity contribution in [3.05, 3.63) is 34.9 Å². The van der Waals surface area contributed by atoms with Gasteiger partial charge in [0.05, 0.1) is 0 Å². The van der Waals surface area contributed by atoms with Crippen molar-refractivity contribution in [3.8, 4) is 0 Å². The predicted molar refractivity (Wildman–Crippen MR) is 74.7 cm³/mol. The van der Waals surface area contributed by atoms with Crippen molar-refractivity contribution in [1.29, 1.82) is 0 Å². The highest BCUT2D eigenvalue weighted by atomic mass is 14.8. The molecule has 0 saturated heterocycles. The zero-order valence-corrected chi connectivity index (χ0v) is 11.5. The fraction of sp³-hybridized carbons (Fsp3) is 0.625. The minimum Gasteiger partial charge on any atom is -0.317 e. The van der Waals surface area contributed by atoms with Crippen LogP contribution in [0.4, 0.5) is 0 Å². The van der Waals surface area contributed by atoms with Gasteiger partial charge in [0.2, 0.25) is 0 Å². The van der Waals surface area contributed by atoms with E-state index in [2.05, 4.69) is 44.3 Å². The fourth-order valence-electron chi connectivity index (χ4n) is 2.71. The number of aryl methyl sites for hydroxylation is 2. The zero-order chi connectivity index (χ0) is 12.3. The minimum atomic E-state index is 0.291. The van der Waals surface area contributed by atoms with Crippen molar-refractivity contribution in [2.75, 3.05) is 13.1 Å². The van der Waals surface area contributed by atoms with Gasteiger partial charge in [-0.3, -0.25) is 0 Å². The molecule has 0 atom stereocenters. The van der Waals surface area contributed by atoms with Crippen molar-refractivity contribution in [2.45, 2.75) is 51.9 Å². The Bertz CT molecular complexity index is 379. The summed E-state index contributed by atoms with van der Waals surface area (Å²) in [7, 11) is 0. The molecule has 2 rings (SSSR count). The summed E-state index contributed by atoms with van der Waals surface area (Å²) in [6, 6.07) is 7.15. The molecule has 94 valence electrons. The monoisotopic (exact) mass is 231 g/mol. The Kier molecular flexibility index (Phi) is 3.88. The Morgan fingerprint density at radius 2 is 1.94 bits per heavy atom. The van der Waals surface area contributed by atoms with E-state index in [0.29, 0.717) is 5.41 Å². The molecule has 0 aliphatic heterocycles. The van der Waals surface area contributed by atoms with Gasteiger partial charge in [0.15, 0.2) is 0 Å². The Morgan fingerprint density at radius 3 is 2.71 bits per heavy atom. The Hall–Kier alpha value is -0.820. The summed E-state index contributed by atoms with van der Waals surface area (Å²) in [6.07, 6.45) is 5.12. The first kappa shape index (κ1) is 12.6. The van der Waals surface area contributed by atoms with Crippen molar-refractivity contribution >= 4 is 0 Å². The van der Waals surface area contributed by atoms with E-state index in [1.54, 1.807) is 11.1 Å². The van der Waals surface area contributed by atoms with E-state index >= 15 is 0 Å². The lowest BCUT2D eigenvalue weighted by atomic mass is 9.80. The lowest BCUT2D eigenvalue weighted by Gasteiger charge is -2.26. The molecule has 1 aliphatic rings. The van der Waals surface area contributed by atoms with E-state index < -0.39 is 0 Å². The SMILES string of the molecule is CCNCCC(C)(C)c1ccc2c(c1)CCC2. The number of rotatable bonds is 5. The van der Waals surface area contributed by atoms with Crippen LogP contribution < -0.4 is 5.32 Å². The summed E-state index contributed by atoms with van der Waals surface area (Å²) in [5, 5.41) is 3.43. The van der Waals surface area contributed by atoms with Crippen molar-refractivity contribution in [3.63, 3.8) is 0 Å². The van der Waals surface area contributed by atoms with Gasteiger partial charge in [-0.2, -0.15) is 0 Å². The Labute approximate surface area is 106 Å². The molecule has 0 heterocycles. The van der Waals surface area contributed by atoms with Crippen LogP contribution >= 0.6 is 0 Å². The number of hydrogen-bond donors (Lipinski definition) is 1. The van der Waals surface area contributed by atoms with E-state index in [4.69, 9.17) is 0 Å². The standard InChI is InChI=1S/C16H25N/c1-4-17-11-10-16(2,3)15-9-8-13-6-5-7-14(13)12-15/h8-9,12,17H,4-7,10-11H2,1-3H3. The van der Waals surface area contributed by atoms with Gasteiger partial charge in [-0.15, -0.1) is 0 Å².